The summed E-state index contributed by atoms with van der Waals surface area (Å²) in [4.78, 5) is 14.4. The molecule has 1 atom stereocenters. The molecule has 0 aromatic heterocycles. The number of nitrogens with one attached hydrogen (secondary N) is 1. The summed E-state index contributed by atoms with van der Waals surface area (Å²) in [6.45, 7) is 6.00. The maximum absolute atomic E-state index is 12.5. The second-order valence-electron chi connectivity index (χ2n) is 6.23. The third-order valence-corrected chi connectivity index (χ3v) is 4.48. The Hall–Kier alpha value is -2.41. The fraction of sp³-hybridized carbons (Fsp3) is 0.350. The number of hydrogen-bond donors (Lipinski definition) is 2. The van der Waals surface area contributed by atoms with Gasteiger partial charge in [0.25, 0.3) is 0 Å². The highest BCUT2D eigenvalue weighted by Crippen LogP contribution is 2.25. The van der Waals surface area contributed by atoms with Crippen molar-refractivity contribution in [3.05, 3.63) is 61.0 Å². The van der Waals surface area contributed by atoms with Gasteiger partial charge in [0, 0.05) is 56.4 Å². The maximum Gasteiger partial charge on any atom is 0.227 e. The Kier molecular flexibility index (Phi) is 6.74. The fourth-order valence-corrected chi connectivity index (χ4v) is 2.76. The molecule has 1 amide bonds. The van der Waals surface area contributed by atoms with Crippen LogP contribution < -0.4 is 16.0 Å². The van der Waals surface area contributed by atoms with Crippen LogP contribution in [0.4, 0.5) is 11.4 Å². The molecule has 0 fully saturated rings. The zero-order valence-electron chi connectivity index (χ0n) is 15.6. The summed E-state index contributed by atoms with van der Waals surface area (Å²) in [5.74, 6) is -1.39. The van der Waals surface area contributed by atoms with Crippen molar-refractivity contribution in [2.75, 3.05) is 31.0 Å². The minimum Gasteiger partial charge on any atom is -0.352 e. The van der Waals surface area contributed by atoms with E-state index in [2.05, 4.69) is 11.9 Å². The number of anilines is 2. The van der Waals surface area contributed by atoms with Crippen LogP contribution in [0, 0.1) is 5.92 Å². The molecule has 2 rings (SSSR count). The van der Waals surface area contributed by atoms with Crippen molar-refractivity contribution < 1.29 is 14.3 Å². The Morgan fingerprint density at radius 3 is 2.46 bits per heavy atom. The van der Waals surface area contributed by atoms with Crippen molar-refractivity contribution in [1.29, 1.82) is 0 Å². The van der Waals surface area contributed by atoms with E-state index in [1.807, 2.05) is 60.5 Å². The molecular weight excluding hydrogens is 330 g/mol. The third-order valence-electron chi connectivity index (χ3n) is 4.48. The molecule has 0 unspecified atom stereocenters. The second-order valence-corrected chi connectivity index (χ2v) is 6.23. The molecule has 0 saturated carbocycles. The van der Waals surface area contributed by atoms with Crippen LogP contribution in [0.5, 0.6) is 0 Å². The van der Waals surface area contributed by atoms with Crippen LogP contribution in [-0.4, -0.2) is 32.5 Å². The second kappa shape index (κ2) is 8.80. The Bertz CT molecular complexity index is 682. The lowest BCUT2D eigenvalue weighted by molar-refractivity contribution is -0.208. The highest BCUT2D eigenvalue weighted by molar-refractivity contribution is 5.92. The van der Waals surface area contributed by atoms with Crippen LogP contribution in [0.1, 0.15) is 13.3 Å². The fourth-order valence-electron chi connectivity index (χ4n) is 2.76. The predicted octanol–water partition coefficient (Wildman–Crippen LogP) is 3.00. The maximum atomic E-state index is 12.5. The molecule has 1 heterocycles. The van der Waals surface area contributed by atoms with E-state index < -0.39 is 5.79 Å². The first-order chi connectivity index (χ1) is 12.4. The zero-order valence-corrected chi connectivity index (χ0v) is 15.6. The van der Waals surface area contributed by atoms with Gasteiger partial charge in [0.15, 0.2) is 5.79 Å². The quantitative estimate of drug-likeness (QED) is 0.700. The summed E-state index contributed by atoms with van der Waals surface area (Å²) in [5.41, 5.74) is 8.31. The third kappa shape index (κ3) is 4.60. The molecule has 0 aliphatic carbocycles. The Morgan fingerprint density at radius 2 is 1.92 bits per heavy atom. The molecule has 0 spiro atoms. The van der Waals surface area contributed by atoms with Gasteiger partial charge in [-0.3, -0.25) is 4.79 Å². The van der Waals surface area contributed by atoms with Crippen LogP contribution in [0.2, 0.25) is 0 Å². The number of methoxy groups -OCH3 is 2. The lowest BCUT2D eigenvalue weighted by atomic mass is 9.99. The number of amides is 1. The van der Waals surface area contributed by atoms with Crippen molar-refractivity contribution in [2.24, 2.45) is 11.7 Å². The number of rotatable bonds is 8. The van der Waals surface area contributed by atoms with Crippen molar-refractivity contribution >= 4 is 17.3 Å². The molecule has 140 valence electrons. The van der Waals surface area contributed by atoms with Gasteiger partial charge in [-0.2, -0.15) is 0 Å². The van der Waals surface area contributed by atoms with Gasteiger partial charge in [-0.1, -0.05) is 19.6 Å². The first kappa shape index (κ1) is 19.9. The number of hydrogen-bond acceptors (Lipinski definition) is 5. The molecule has 6 nitrogen and oxygen atoms in total. The number of carbonyl (C=O) groups is 1. The number of ether oxygens (including phenoxy) is 2. The molecule has 1 aliphatic heterocycles. The molecule has 1 aromatic carbocycles. The Morgan fingerprint density at radius 1 is 1.27 bits per heavy atom. The van der Waals surface area contributed by atoms with E-state index in [-0.39, 0.29) is 18.4 Å². The van der Waals surface area contributed by atoms with E-state index in [4.69, 9.17) is 15.2 Å². The van der Waals surface area contributed by atoms with Crippen molar-refractivity contribution in [3.63, 3.8) is 0 Å². The monoisotopic (exact) mass is 357 g/mol. The first-order valence-electron chi connectivity index (χ1n) is 8.49. The van der Waals surface area contributed by atoms with Crippen LogP contribution in [0.3, 0.4) is 0 Å². The average molecular weight is 357 g/mol. The lowest BCUT2D eigenvalue weighted by Crippen LogP contribution is -2.44. The minimum atomic E-state index is -0.949. The van der Waals surface area contributed by atoms with E-state index in [0.29, 0.717) is 6.42 Å². The molecule has 0 saturated heterocycles. The first-order valence-corrected chi connectivity index (χ1v) is 8.49. The molecule has 6 heteroatoms. The normalized spacial score (nSPS) is 15.2. The summed E-state index contributed by atoms with van der Waals surface area (Å²) < 4.78 is 10.7. The van der Waals surface area contributed by atoms with Gasteiger partial charge in [-0.25, -0.2) is 0 Å². The van der Waals surface area contributed by atoms with Gasteiger partial charge in [0.1, 0.15) is 0 Å². The predicted molar refractivity (Wildman–Crippen MR) is 105 cm³/mol. The number of nitrogens with zero attached hydrogens (tertiary/aromatic N) is 1. The average Bonchev–Trinajstić information content (AvgIpc) is 2.67. The highest BCUT2D eigenvalue weighted by atomic mass is 16.7. The van der Waals surface area contributed by atoms with E-state index in [1.54, 1.807) is 0 Å². The summed E-state index contributed by atoms with van der Waals surface area (Å²) in [6, 6.07) is 7.59. The van der Waals surface area contributed by atoms with Crippen molar-refractivity contribution in [2.45, 2.75) is 19.1 Å². The smallest absolute Gasteiger partial charge is 0.227 e. The molecule has 3 N–H and O–H groups in total. The number of benzene rings is 1. The number of allylic oxidation sites excluding steroid dienone is 3. The summed E-state index contributed by atoms with van der Waals surface area (Å²) in [5, 5.41) is 2.91. The van der Waals surface area contributed by atoms with E-state index in [9.17, 15) is 4.79 Å². The summed E-state index contributed by atoms with van der Waals surface area (Å²) >= 11 is 0. The highest BCUT2D eigenvalue weighted by Gasteiger charge is 2.32. The van der Waals surface area contributed by atoms with Crippen LogP contribution in [0.25, 0.3) is 0 Å². The largest absolute Gasteiger partial charge is 0.352 e. The Balaban J connectivity index is 2.00. The zero-order chi connectivity index (χ0) is 19.2. The lowest BCUT2D eigenvalue weighted by Gasteiger charge is -2.31. The minimum absolute atomic E-state index is 0.116. The van der Waals surface area contributed by atoms with Gasteiger partial charge in [0.05, 0.1) is 0 Å². The topological polar surface area (TPSA) is 76.8 Å². The van der Waals surface area contributed by atoms with E-state index in [0.717, 1.165) is 17.1 Å². The van der Waals surface area contributed by atoms with Crippen LogP contribution >= 0.6 is 0 Å². The van der Waals surface area contributed by atoms with E-state index in [1.165, 1.54) is 14.2 Å². The van der Waals surface area contributed by atoms with Crippen molar-refractivity contribution in [1.82, 2.24) is 0 Å². The molecule has 26 heavy (non-hydrogen) atoms. The molecule has 0 radical (unpaired) electrons. The van der Waals surface area contributed by atoms with Gasteiger partial charge in [-0.05, 0) is 36.4 Å². The van der Waals surface area contributed by atoms with Crippen LogP contribution in [-0.2, 0) is 14.3 Å². The standard InChI is InChI=1S/C20H27N3O3/c1-15(13-20(14-21,25-3)26-4)19(24)22-17-8-10-18(11-9-17)23-12-6-5-7-16(23)2/h5-12,15H,2,13-14,21H2,1,3-4H3,(H,22,24)/t15-/m1/s1. The summed E-state index contributed by atoms with van der Waals surface area (Å²) in [7, 11) is 3.05. The van der Waals surface area contributed by atoms with Crippen LogP contribution in [0.15, 0.2) is 61.0 Å². The molecule has 0 bridgehead atoms. The van der Waals surface area contributed by atoms with Gasteiger partial charge < -0.3 is 25.4 Å². The molecular formula is C20H27N3O3. The number of carbonyl (C=O) groups excluding carboxylic acids is 1. The Labute approximate surface area is 155 Å². The molecule has 1 aromatic rings. The van der Waals surface area contributed by atoms with Crippen molar-refractivity contribution in [3.8, 4) is 0 Å². The summed E-state index contributed by atoms with van der Waals surface area (Å²) in [6.07, 6.45) is 8.13. The van der Waals surface area contributed by atoms with Gasteiger partial charge in [0.2, 0.25) is 5.91 Å². The SMILES string of the molecule is C=C1C=CC=CN1c1ccc(NC(=O)[C@H](C)CC(CN)(OC)OC)cc1. The van der Waals surface area contributed by atoms with Gasteiger partial charge >= 0.3 is 0 Å². The van der Waals surface area contributed by atoms with E-state index >= 15 is 0 Å². The molecule has 1 aliphatic rings. The van der Waals surface area contributed by atoms with Gasteiger partial charge in [-0.15, -0.1) is 0 Å². The number of nitrogens with two attached hydrogens (primary N) is 1.